The standard InChI is InChI=1S/C14H17Cl2NO3/c1-9(17-4-5-20-11(7-17)8-18)14(19)12-3-2-10(15)6-13(12)16/h2-3,6,9,11,18H,4-5,7-8H2,1H3. The van der Waals surface area contributed by atoms with E-state index < -0.39 is 0 Å². The molecular formula is C14H17Cl2NO3. The Hall–Kier alpha value is -0.650. The Balaban J connectivity index is 2.11. The fourth-order valence-electron chi connectivity index (χ4n) is 2.28. The lowest BCUT2D eigenvalue weighted by molar-refractivity contribution is -0.0592. The first-order valence-electron chi connectivity index (χ1n) is 6.48. The van der Waals surface area contributed by atoms with Gasteiger partial charge in [-0.15, -0.1) is 0 Å². The Morgan fingerprint density at radius 2 is 2.30 bits per heavy atom. The first-order valence-corrected chi connectivity index (χ1v) is 7.24. The molecule has 20 heavy (non-hydrogen) atoms. The lowest BCUT2D eigenvalue weighted by Gasteiger charge is -2.35. The Bertz CT molecular complexity index is 495. The van der Waals surface area contributed by atoms with E-state index in [1.807, 2.05) is 11.8 Å². The smallest absolute Gasteiger partial charge is 0.181 e. The van der Waals surface area contributed by atoms with Crippen LogP contribution in [0.2, 0.25) is 10.0 Å². The maximum atomic E-state index is 12.5. The van der Waals surface area contributed by atoms with Crippen molar-refractivity contribution in [2.45, 2.75) is 19.1 Å². The molecule has 110 valence electrons. The number of aliphatic hydroxyl groups excluding tert-OH is 1. The molecule has 1 saturated heterocycles. The Labute approximate surface area is 128 Å². The second-order valence-corrected chi connectivity index (χ2v) is 5.68. The number of Topliss-reactive ketones (excluding diaryl/α,β-unsaturated/α-hetero) is 1. The molecule has 1 heterocycles. The minimum atomic E-state index is -0.313. The molecule has 1 N–H and O–H groups in total. The monoisotopic (exact) mass is 317 g/mol. The van der Waals surface area contributed by atoms with Crippen molar-refractivity contribution in [3.8, 4) is 0 Å². The second kappa shape index (κ2) is 6.87. The van der Waals surface area contributed by atoms with Crippen LogP contribution in [0.1, 0.15) is 17.3 Å². The van der Waals surface area contributed by atoms with Crippen LogP contribution < -0.4 is 0 Å². The molecule has 0 spiro atoms. The average molecular weight is 318 g/mol. The predicted octanol–water partition coefficient (Wildman–Crippen LogP) is 2.26. The van der Waals surface area contributed by atoms with Crippen molar-refractivity contribution in [3.05, 3.63) is 33.8 Å². The highest BCUT2D eigenvalue weighted by molar-refractivity contribution is 6.37. The zero-order chi connectivity index (χ0) is 14.7. The number of benzene rings is 1. The molecule has 0 radical (unpaired) electrons. The first-order chi connectivity index (χ1) is 9.52. The Morgan fingerprint density at radius 3 is 2.95 bits per heavy atom. The van der Waals surface area contributed by atoms with Crippen LogP contribution in [0.15, 0.2) is 18.2 Å². The fraction of sp³-hybridized carbons (Fsp3) is 0.500. The van der Waals surface area contributed by atoms with Gasteiger partial charge in [-0.25, -0.2) is 0 Å². The first kappa shape index (κ1) is 15.7. The summed E-state index contributed by atoms with van der Waals surface area (Å²) in [6, 6.07) is 4.56. The predicted molar refractivity (Wildman–Crippen MR) is 78.7 cm³/mol. The van der Waals surface area contributed by atoms with Gasteiger partial charge >= 0.3 is 0 Å². The quantitative estimate of drug-likeness (QED) is 0.865. The van der Waals surface area contributed by atoms with Crippen molar-refractivity contribution < 1.29 is 14.6 Å². The fourth-order valence-corrected chi connectivity index (χ4v) is 2.79. The highest BCUT2D eigenvalue weighted by Gasteiger charge is 2.28. The second-order valence-electron chi connectivity index (χ2n) is 4.83. The number of nitrogens with zero attached hydrogens (tertiary/aromatic N) is 1. The van der Waals surface area contributed by atoms with E-state index in [-0.39, 0.29) is 24.5 Å². The summed E-state index contributed by atoms with van der Waals surface area (Å²) in [6.45, 7) is 3.51. The van der Waals surface area contributed by atoms with Gasteiger partial charge in [-0.3, -0.25) is 9.69 Å². The molecule has 1 aliphatic rings. The van der Waals surface area contributed by atoms with Crippen LogP contribution in [0, 0.1) is 0 Å². The SMILES string of the molecule is CC(C(=O)c1ccc(Cl)cc1Cl)N1CCOC(CO)C1. The summed E-state index contributed by atoms with van der Waals surface area (Å²) in [7, 11) is 0. The number of carbonyl (C=O) groups is 1. The van der Waals surface area contributed by atoms with Gasteiger partial charge in [0.1, 0.15) is 0 Å². The van der Waals surface area contributed by atoms with Crippen LogP contribution in [0.4, 0.5) is 0 Å². The molecule has 4 nitrogen and oxygen atoms in total. The molecule has 1 aliphatic heterocycles. The maximum absolute atomic E-state index is 12.5. The van der Waals surface area contributed by atoms with E-state index in [1.54, 1.807) is 18.2 Å². The van der Waals surface area contributed by atoms with Crippen LogP contribution in [-0.2, 0) is 4.74 Å². The molecule has 1 fully saturated rings. The Kier molecular flexibility index (Phi) is 5.41. The molecule has 0 aromatic heterocycles. The summed E-state index contributed by atoms with van der Waals surface area (Å²) in [5.41, 5.74) is 0.468. The summed E-state index contributed by atoms with van der Waals surface area (Å²) in [4.78, 5) is 14.5. The number of ketones is 1. The summed E-state index contributed by atoms with van der Waals surface area (Å²) < 4.78 is 5.39. The summed E-state index contributed by atoms with van der Waals surface area (Å²) in [5.74, 6) is -0.0507. The minimum Gasteiger partial charge on any atom is -0.394 e. The van der Waals surface area contributed by atoms with E-state index >= 15 is 0 Å². The normalized spacial score (nSPS) is 21.7. The number of carbonyl (C=O) groups excluding carboxylic acids is 1. The number of ether oxygens (including phenoxy) is 1. The van der Waals surface area contributed by atoms with Gasteiger partial charge in [-0.1, -0.05) is 23.2 Å². The summed E-state index contributed by atoms with van der Waals surface area (Å²) in [6.07, 6.45) is -0.236. The zero-order valence-electron chi connectivity index (χ0n) is 11.2. The van der Waals surface area contributed by atoms with Crippen LogP contribution >= 0.6 is 23.2 Å². The van der Waals surface area contributed by atoms with Gasteiger partial charge in [0.25, 0.3) is 0 Å². The topological polar surface area (TPSA) is 49.8 Å². The van der Waals surface area contributed by atoms with Crippen molar-refractivity contribution in [1.29, 1.82) is 0 Å². The lowest BCUT2D eigenvalue weighted by Crippen LogP contribution is -2.50. The Morgan fingerprint density at radius 1 is 1.55 bits per heavy atom. The van der Waals surface area contributed by atoms with Gasteiger partial charge in [0, 0.05) is 23.7 Å². The van der Waals surface area contributed by atoms with Gasteiger partial charge in [0.2, 0.25) is 0 Å². The van der Waals surface area contributed by atoms with E-state index in [2.05, 4.69) is 0 Å². The van der Waals surface area contributed by atoms with Crippen LogP contribution in [0.25, 0.3) is 0 Å². The van der Waals surface area contributed by atoms with Gasteiger partial charge in [-0.05, 0) is 25.1 Å². The molecule has 0 saturated carbocycles. The molecule has 2 unspecified atom stereocenters. The number of morpholine rings is 1. The van der Waals surface area contributed by atoms with Gasteiger partial charge in [0.05, 0.1) is 30.4 Å². The third kappa shape index (κ3) is 3.51. The average Bonchev–Trinajstić information content (AvgIpc) is 2.46. The van der Waals surface area contributed by atoms with E-state index in [0.717, 1.165) is 0 Å². The van der Waals surface area contributed by atoms with Crippen molar-refractivity contribution in [1.82, 2.24) is 4.90 Å². The van der Waals surface area contributed by atoms with Crippen molar-refractivity contribution in [2.24, 2.45) is 0 Å². The number of hydrogen-bond acceptors (Lipinski definition) is 4. The van der Waals surface area contributed by atoms with Crippen LogP contribution in [0.3, 0.4) is 0 Å². The molecule has 0 amide bonds. The van der Waals surface area contributed by atoms with Crippen molar-refractivity contribution >= 4 is 29.0 Å². The summed E-state index contributed by atoms with van der Waals surface area (Å²) in [5, 5.41) is 10.0. The van der Waals surface area contributed by atoms with Crippen molar-refractivity contribution in [3.63, 3.8) is 0 Å². The van der Waals surface area contributed by atoms with Gasteiger partial charge in [-0.2, -0.15) is 0 Å². The number of hydrogen-bond donors (Lipinski definition) is 1. The zero-order valence-corrected chi connectivity index (χ0v) is 12.7. The molecule has 1 aromatic rings. The minimum absolute atomic E-state index is 0.0425. The molecule has 6 heteroatoms. The maximum Gasteiger partial charge on any atom is 0.181 e. The molecule has 0 aliphatic carbocycles. The highest BCUT2D eigenvalue weighted by Crippen LogP contribution is 2.23. The highest BCUT2D eigenvalue weighted by atomic mass is 35.5. The summed E-state index contributed by atoms with van der Waals surface area (Å²) >= 11 is 11.9. The van der Waals surface area contributed by atoms with Crippen LogP contribution in [0.5, 0.6) is 0 Å². The number of halogens is 2. The van der Waals surface area contributed by atoms with E-state index in [4.69, 9.17) is 33.0 Å². The third-order valence-electron chi connectivity index (χ3n) is 3.50. The number of rotatable bonds is 4. The molecular weight excluding hydrogens is 301 g/mol. The largest absolute Gasteiger partial charge is 0.394 e. The lowest BCUT2D eigenvalue weighted by atomic mass is 10.0. The van der Waals surface area contributed by atoms with E-state index in [1.165, 1.54) is 0 Å². The van der Waals surface area contributed by atoms with Gasteiger partial charge < -0.3 is 9.84 Å². The molecule has 0 bridgehead atoms. The van der Waals surface area contributed by atoms with Gasteiger partial charge in [0.15, 0.2) is 5.78 Å². The third-order valence-corrected chi connectivity index (χ3v) is 4.05. The molecule has 2 atom stereocenters. The molecule has 2 rings (SSSR count). The van der Waals surface area contributed by atoms with Crippen molar-refractivity contribution in [2.75, 3.05) is 26.3 Å². The number of aliphatic hydroxyl groups is 1. The van der Waals surface area contributed by atoms with Crippen LogP contribution in [-0.4, -0.2) is 54.2 Å². The molecule has 1 aromatic carbocycles. The van der Waals surface area contributed by atoms with E-state index in [0.29, 0.717) is 35.3 Å². The van der Waals surface area contributed by atoms with E-state index in [9.17, 15) is 4.79 Å².